The Kier molecular flexibility index (Phi) is 4.52. The molecule has 5 heteroatoms. The predicted molar refractivity (Wildman–Crippen MR) is 87.2 cm³/mol. The normalized spacial score (nSPS) is 25.6. The molecule has 1 aromatic carbocycles. The fourth-order valence-electron chi connectivity index (χ4n) is 2.94. The van der Waals surface area contributed by atoms with Crippen molar-refractivity contribution < 1.29 is 9.53 Å². The van der Waals surface area contributed by atoms with E-state index in [0.717, 1.165) is 24.2 Å². The van der Waals surface area contributed by atoms with E-state index in [1.807, 2.05) is 31.2 Å². The Hall–Kier alpha value is -1.62. The SMILES string of the molecule is COc1ccc(C(C)NC(=O)C2(C(N)=S)CC(C)C2)cc1. The molecule has 0 bridgehead atoms. The molecule has 1 atom stereocenters. The van der Waals surface area contributed by atoms with Crippen molar-refractivity contribution in [3.05, 3.63) is 29.8 Å². The van der Waals surface area contributed by atoms with Gasteiger partial charge in [0.2, 0.25) is 5.91 Å². The highest BCUT2D eigenvalue weighted by atomic mass is 32.1. The van der Waals surface area contributed by atoms with E-state index in [2.05, 4.69) is 12.2 Å². The Labute approximate surface area is 131 Å². The third kappa shape index (κ3) is 3.02. The second-order valence-electron chi connectivity index (χ2n) is 5.93. The van der Waals surface area contributed by atoms with Crippen LogP contribution in [0.2, 0.25) is 0 Å². The van der Waals surface area contributed by atoms with Crippen LogP contribution in [0.5, 0.6) is 5.75 Å². The standard InChI is InChI=1S/C16H22N2O2S/c1-10-8-16(9-10,14(17)21)15(19)18-11(2)12-4-6-13(20-3)7-5-12/h4-7,10-11H,8-9H2,1-3H3,(H2,17,21)(H,18,19). The Bertz CT molecular complexity index is 536. The first kappa shape index (κ1) is 15.8. The highest BCUT2D eigenvalue weighted by Gasteiger charge is 2.51. The van der Waals surface area contributed by atoms with Crippen molar-refractivity contribution in [2.24, 2.45) is 17.1 Å². The van der Waals surface area contributed by atoms with Gasteiger partial charge < -0.3 is 15.8 Å². The average Bonchev–Trinajstić information content (AvgIpc) is 2.43. The summed E-state index contributed by atoms with van der Waals surface area (Å²) in [5.74, 6) is 1.23. The average molecular weight is 306 g/mol. The lowest BCUT2D eigenvalue weighted by Gasteiger charge is -2.44. The van der Waals surface area contributed by atoms with Crippen molar-refractivity contribution in [1.82, 2.24) is 5.32 Å². The highest BCUT2D eigenvalue weighted by molar-refractivity contribution is 7.80. The van der Waals surface area contributed by atoms with Gasteiger partial charge in [0, 0.05) is 0 Å². The molecule has 0 saturated heterocycles. The Morgan fingerprint density at radius 1 is 1.43 bits per heavy atom. The van der Waals surface area contributed by atoms with Gasteiger partial charge in [-0.05, 0) is 43.4 Å². The van der Waals surface area contributed by atoms with Crippen molar-refractivity contribution >= 4 is 23.1 Å². The number of nitrogens with two attached hydrogens (primary N) is 1. The zero-order chi connectivity index (χ0) is 15.6. The summed E-state index contributed by atoms with van der Waals surface area (Å²) >= 11 is 5.11. The lowest BCUT2D eigenvalue weighted by atomic mass is 9.62. The smallest absolute Gasteiger partial charge is 0.233 e. The topological polar surface area (TPSA) is 64.3 Å². The Morgan fingerprint density at radius 2 is 2.00 bits per heavy atom. The van der Waals surface area contributed by atoms with Crippen molar-refractivity contribution in [3.63, 3.8) is 0 Å². The van der Waals surface area contributed by atoms with Crippen LogP contribution in [-0.2, 0) is 4.79 Å². The molecule has 1 aromatic rings. The second kappa shape index (κ2) is 6.02. The van der Waals surface area contributed by atoms with Crippen molar-refractivity contribution in [2.75, 3.05) is 7.11 Å². The number of nitrogens with one attached hydrogen (secondary N) is 1. The van der Waals surface area contributed by atoms with Crippen LogP contribution in [0.1, 0.15) is 38.3 Å². The van der Waals surface area contributed by atoms with Gasteiger partial charge in [-0.1, -0.05) is 31.3 Å². The molecule has 1 fully saturated rings. The molecule has 1 amide bonds. The second-order valence-corrected chi connectivity index (χ2v) is 6.37. The maximum Gasteiger partial charge on any atom is 0.233 e. The fourth-order valence-corrected chi connectivity index (χ4v) is 3.20. The molecule has 3 N–H and O–H groups in total. The number of carbonyl (C=O) groups excluding carboxylic acids is 1. The van der Waals surface area contributed by atoms with Gasteiger partial charge in [0.1, 0.15) is 5.75 Å². The van der Waals surface area contributed by atoms with Crippen molar-refractivity contribution in [2.45, 2.75) is 32.7 Å². The molecule has 114 valence electrons. The predicted octanol–water partition coefficient (Wildman–Crippen LogP) is 2.57. The largest absolute Gasteiger partial charge is 0.497 e. The van der Waals surface area contributed by atoms with Gasteiger partial charge in [-0.3, -0.25) is 4.79 Å². The summed E-state index contributed by atoms with van der Waals surface area (Å²) in [4.78, 5) is 12.8. The number of rotatable bonds is 5. The van der Waals surface area contributed by atoms with E-state index in [1.54, 1.807) is 7.11 Å². The van der Waals surface area contributed by atoms with E-state index in [4.69, 9.17) is 22.7 Å². The van der Waals surface area contributed by atoms with E-state index in [-0.39, 0.29) is 11.9 Å². The maximum absolute atomic E-state index is 12.5. The molecule has 0 aromatic heterocycles. The molecule has 0 radical (unpaired) electrons. The van der Waals surface area contributed by atoms with Gasteiger partial charge in [-0.15, -0.1) is 0 Å². The monoisotopic (exact) mass is 306 g/mol. The summed E-state index contributed by atoms with van der Waals surface area (Å²) in [5.41, 5.74) is 6.17. The molecule has 1 unspecified atom stereocenters. The summed E-state index contributed by atoms with van der Waals surface area (Å²) in [6.45, 7) is 4.06. The van der Waals surface area contributed by atoms with E-state index < -0.39 is 5.41 Å². The van der Waals surface area contributed by atoms with Crippen molar-refractivity contribution in [1.29, 1.82) is 0 Å². The molecular formula is C16H22N2O2S. The van der Waals surface area contributed by atoms with Crippen LogP contribution >= 0.6 is 12.2 Å². The zero-order valence-corrected chi connectivity index (χ0v) is 13.5. The molecule has 0 heterocycles. The highest BCUT2D eigenvalue weighted by Crippen LogP contribution is 2.46. The molecule has 2 rings (SSSR count). The van der Waals surface area contributed by atoms with E-state index in [9.17, 15) is 4.79 Å². The summed E-state index contributed by atoms with van der Waals surface area (Å²) in [6.07, 6.45) is 1.48. The van der Waals surface area contributed by atoms with E-state index in [1.165, 1.54) is 0 Å². The van der Waals surface area contributed by atoms with Crippen LogP contribution in [0.4, 0.5) is 0 Å². The Balaban J connectivity index is 2.06. The van der Waals surface area contributed by atoms with Gasteiger partial charge in [0.15, 0.2) is 0 Å². The molecule has 1 aliphatic carbocycles. The molecule has 21 heavy (non-hydrogen) atoms. The third-order valence-electron chi connectivity index (χ3n) is 4.26. The third-order valence-corrected chi connectivity index (χ3v) is 4.65. The van der Waals surface area contributed by atoms with Gasteiger partial charge >= 0.3 is 0 Å². The van der Waals surface area contributed by atoms with Crippen LogP contribution < -0.4 is 15.8 Å². The number of thiocarbonyl (C=S) groups is 1. The number of ether oxygens (including phenoxy) is 1. The van der Waals surface area contributed by atoms with E-state index in [0.29, 0.717) is 10.9 Å². The van der Waals surface area contributed by atoms with Crippen LogP contribution in [0.25, 0.3) is 0 Å². The number of benzene rings is 1. The van der Waals surface area contributed by atoms with Crippen LogP contribution in [-0.4, -0.2) is 18.0 Å². The lowest BCUT2D eigenvalue weighted by Crippen LogP contribution is -2.56. The summed E-state index contributed by atoms with van der Waals surface area (Å²) in [5, 5.41) is 3.03. The quantitative estimate of drug-likeness (QED) is 0.821. The molecule has 4 nitrogen and oxygen atoms in total. The molecule has 0 spiro atoms. The minimum Gasteiger partial charge on any atom is -0.497 e. The molecule has 1 aliphatic rings. The number of hydrogen-bond donors (Lipinski definition) is 2. The van der Waals surface area contributed by atoms with Gasteiger partial charge in [-0.2, -0.15) is 0 Å². The number of amides is 1. The minimum atomic E-state index is -0.657. The lowest BCUT2D eigenvalue weighted by molar-refractivity contribution is -0.133. The van der Waals surface area contributed by atoms with Crippen LogP contribution in [0.3, 0.4) is 0 Å². The van der Waals surface area contributed by atoms with Crippen molar-refractivity contribution in [3.8, 4) is 5.75 Å². The van der Waals surface area contributed by atoms with Gasteiger partial charge in [0.05, 0.1) is 23.6 Å². The van der Waals surface area contributed by atoms with Crippen LogP contribution in [0.15, 0.2) is 24.3 Å². The number of hydrogen-bond acceptors (Lipinski definition) is 3. The summed E-state index contributed by atoms with van der Waals surface area (Å²) in [6, 6.07) is 7.56. The summed E-state index contributed by atoms with van der Waals surface area (Å²) in [7, 11) is 1.63. The number of carbonyl (C=O) groups is 1. The van der Waals surface area contributed by atoms with Crippen LogP contribution in [0, 0.1) is 11.3 Å². The van der Waals surface area contributed by atoms with E-state index >= 15 is 0 Å². The first-order valence-corrected chi connectivity index (χ1v) is 7.54. The first-order valence-electron chi connectivity index (χ1n) is 7.14. The fraction of sp³-hybridized carbons (Fsp3) is 0.500. The number of methoxy groups -OCH3 is 1. The minimum absolute atomic E-state index is 0.0589. The van der Waals surface area contributed by atoms with Gasteiger partial charge in [0.25, 0.3) is 0 Å². The first-order chi connectivity index (χ1) is 9.89. The molecule has 1 saturated carbocycles. The Morgan fingerprint density at radius 3 is 2.43 bits per heavy atom. The zero-order valence-electron chi connectivity index (χ0n) is 12.7. The summed E-state index contributed by atoms with van der Waals surface area (Å²) < 4.78 is 5.13. The van der Waals surface area contributed by atoms with Gasteiger partial charge in [-0.25, -0.2) is 0 Å². The molecular weight excluding hydrogens is 284 g/mol. The maximum atomic E-state index is 12.5. The molecule has 0 aliphatic heterocycles.